The second kappa shape index (κ2) is 9.37. The number of hydrogen-bond donors (Lipinski definition) is 1. The third-order valence-electron chi connectivity index (χ3n) is 6.89. The Balaban J connectivity index is 1.33. The van der Waals surface area contributed by atoms with E-state index >= 15 is 0 Å². The van der Waals surface area contributed by atoms with Gasteiger partial charge in [0.1, 0.15) is 6.04 Å². The van der Waals surface area contributed by atoms with Crippen LogP contribution in [0.5, 0.6) is 0 Å². The monoisotopic (exact) mass is 426 g/mol. The molecule has 2 heterocycles. The van der Waals surface area contributed by atoms with Gasteiger partial charge < -0.3 is 19.5 Å². The Morgan fingerprint density at radius 3 is 2.81 bits per heavy atom. The zero-order chi connectivity index (χ0) is 21.8. The van der Waals surface area contributed by atoms with E-state index in [1.165, 1.54) is 16.0 Å². The number of fused-ring (bicyclic) bond motifs is 1. The van der Waals surface area contributed by atoms with Gasteiger partial charge in [-0.3, -0.25) is 4.79 Å². The van der Waals surface area contributed by atoms with Crippen molar-refractivity contribution in [2.24, 2.45) is 5.41 Å². The second-order valence-corrected chi connectivity index (χ2v) is 8.98. The molecule has 7 nitrogen and oxygen atoms in total. The number of nitrogens with zero attached hydrogens (tertiary/aromatic N) is 2. The molecule has 1 amide bonds. The molecular weight excluding hydrogens is 396 g/mol. The molecule has 1 aliphatic carbocycles. The molecule has 0 radical (unpaired) electrons. The average molecular weight is 427 g/mol. The second-order valence-electron chi connectivity index (χ2n) is 8.98. The quantitative estimate of drug-likeness (QED) is 0.554. The zero-order valence-electron chi connectivity index (χ0n) is 17.8. The van der Waals surface area contributed by atoms with E-state index in [1.807, 2.05) is 18.2 Å². The minimum atomic E-state index is -0.774. The molecule has 2 aliphatic heterocycles. The Morgan fingerprint density at radius 2 is 2.03 bits per heavy atom. The molecule has 2 unspecified atom stereocenters. The van der Waals surface area contributed by atoms with Crippen LogP contribution in [0.2, 0.25) is 0 Å². The lowest BCUT2D eigenvalue weighted by Crippen LogP contribution is -2.41. The third kappa shape index (κ3) is 4.76. The number of rotatable bonds is 6. The Hall–Kier alpha value is -2.43. The van der Waals surface area contributed by atoms with Crippen LogP contribution in [0, 0.1) is 16.7 Å². The van der Waals surface area contributed by atoms with E-state index in [9.17, 15) is 20.0 Å². The predicted molar refractivity (Wildman–Crippen MR) is 112 cm³/mol. The van der Waals surface area contributed by atoms with Crippen LogP contribution in [0.4, 0.5) is 0 Å². The SMILES string of the molecule is N#CC1(CCCOC(=O)C2CC(O)CN2C(=O)c2ccc3c(c2)CCC3)CCOCC1. The van der Waals surface area contributed by atoms with E-state index in [0.29, 0.717) is 44.5 Å². The molecule has 7 heteroatoms. The molecule has 31 heavy (non-hydrogen) atoms. The van der Waals surface area contributed by atoms with Crippen molar-refractivity contribution >= 4 is 11.9 Å². The lowest BCUT2D eigenvalue weighted by atomic mass is 9.78. The number of ether oxygens (including phenoxy) is 2. The fraction of sp³-hybridized carbons (Fsp3) is 0.625. The lowest BCUT2D eigenvalue weighted by molar-refractivity contribution is -0.148. The van der Waals surface area contributed by atoms with Gasteiger partial charge in [-0.1, -0.05) is 6.07 Å². The highest BCUT2D eigenvalue weighted by Gasteiger charge is 2.40. The van der Waals surface area contributed by atoms with E-state index in [0.717, 1.165) is 19.3 Å². The van der Waals surface area contributed by atoms with E-state index in [-0.39, 0.29) is 25.5 Å². The molecule has 0 aromatic heterocycles. The molecule has 4 rings (SSSR count). The molecule has 1 aromatic carbocycles. The van der Waals surface area contributed by atoms with Gasteiger partial charge in [-0.25, -0.2) is 4.79 Å². The highest BCUT2D eigenvalue weighted by molar-refractivity contribution is 5.97. The first kappa shape index (κ1) is 21.8. The van der Waals surface area contributed by atoms with Gasteiger partial charge in [-0.05, 0) is 68.2 Å². The maximum absolute atomic E-state index is 13.1. The number of carbonyl (C=O) groups excluding carboxylic acids is 2. The molecule has 2 fully saturated rings. The molecule has 166 valence electrons. The fourth-order valence-electron chi connectivity index (χ4n) is 4.99. The number of aliphatic hydroxyl groups is 1. The maximum atomic E-state index is 13.1. The van der Waals surface area contributed by atoms with E-state index < -0.39 is 23.5 Å². The van der Waals surface area contributed by atoms with Gasteiger partial charge in [0, 0.05) is 31.7 Å². The Bertz CT molecular complexity index is 871. The molecule has 0 saturated carbocycles. The summed E-state index contributed by atoms with van der Waals surface area (Å²) in [6.45, 7) is 1.52. The summed E-state index contributed by atoms with van der Waals surface area (Å²) in [5.41, 5.74) is 2.64. The smallest absolute Gasteiger partial charge is 0.328 e. The fourth-order valence-corrected chi connectivity index (χ4v) is 4.99. The Morgan fingerprint density at radius 1 is 1.26 bits per heavy atom. The average Bonchev–Trinajstić information content (AvgIpc) is 3.42. The van der Waals surface area contributed by atoms with Crippen LogP contribution in [0.15, 0.2) is 18.2 Å². The number of β-amino-alcohol motifs (C(OH)–C–C–N with tert-alkyl or cyclic N) is 1. The van der Waals surface area contributed by atoms with Crippen LogP contribution >= 0.6 is 0 Å². The molecule has 0 spiro atoms. The van der Waals surface area contributed by atoms with Crippen molar-refractivity contribution in [1.29, 1.82) is 5.26 Å². The molecule has 3 aliphatic rings. The van der Waals surface area contributed by atoms with Crippen LogP contribution in [-0.4, -0.2) is 60.4 Å². The number of amides is 1. The summed E-state index contributed by atoms with van der Waals surface area (Å²) in [4.78, 5) is 27.2. The van der Waals surface area contributed by atoms with Gasteiger partial charge in [0.25, 0.3) is 5.91 Å². The number of nitriles is 1. The number of aryl methyl sites for hydroxylation is 2. The Kier molecular flexibility index (Phi) is 6.59. The van der Waals surface area contributed by atoms with Gasteiger partial charge >= 0.3 is 5.97 Å². The number of likely N-dealkylation sites (tertiary alicyclic amines) is 1. The van der Waals surface area contributed by atoms with E-state index in [1.54, 1.807) is 0 Å². The number of carbonyl (C=O) groups is 2. The summed E-state index contributed by atoms with van der Waals surface area (Å²) in [7, 11) is 0. The predicted octanol–water partition coefficient (Wildman–Crippen LogP) is 2.39. The van der Waals surface area contributed by atoms with Gasteiger partial charge in [0.05, 0.1) is 24.2 Å². The van der Waals surface area contributed by atoms with Gasteiger partial charge in [-0.15, -0.1) is 0 Å². The summed E-state index contributed by atoms with van der Waals surface area (Å²) in [5.74, 6) is -0.720. The molecular formula is C24H30N2O5. The molecule has 1 aromatic rings. The van der Waals surface area contributed by atoms with Crippen molar-refractivity contribution in [2.45, 2.75) is 63.5 Å². The maximum Gasteiger partial charge on any atom is 0.328 e. The first-order chi connectivity index (χ1) is 15.0. The topological polar surface area (TPSA) is 99.9 Å². The van der Waals surface area contributed by atoms with Crippen molar-refractivity contribution in [3.8, 4) is 6.07 Å². The number of hydrogen-bond acceptors (Lipinski definition) is 6. The van der Waals surface area contributed by atoms with Crippen LogP contribution < -0.4 is 0 Å². The largest absolute Gasteiger partial charge is 0.464 e. The standard InChI is InChI=1S/C24H30N2O5/c25-16-24(8-11-30-12-9-24)7-2-10-31-23(29)21-14-20(27)15-26(21)22(28)19-6-5-17-3-1-4-18(17)13-19/h5-6,13,20-21,27H,1-4,7-12,14-15H2. The van der Waals surface area contributed by atoms with E-state index in [2.05, 4.69) is 6.07 Å². The van der Waals surface area contributed by atoms with Crippen LogP contribution in [0.25, 0.3) is 0 Å². The van der Waals surface area contributed by atoms with Crippen LogP contribution in [0.1, 0.15) is 60.0 Å². The van der Waals surface area contributed by atoms with Gasteiger partial charge in [-0.2, -0.15) is 5.26 Å². The third-order valence-corrected chi connectivity index (χ3v) is 6.89. The minimum Gasteiger partial charge on any atom is -0.464 e. The Labute approximate surface area is 182 Å². The normalized spacial score (nSPS) is 24.5. The summed E-state index contributed by atoms with van der Waals surface area (Å²) in [6.07, 6.45) is 5.23. The minimum absolute atomic E-state index is 0.132. The van der Waals surface area contributed by atoms with Crippen molar-refractivity contribution in [1.82, 2.24) is 4.90 Å². The highest BCUT2D eigenvalue weighted by Crippen LogP contribution is 2.34. The van der Waals surface area contributed by atoms with Gasteiger partial charge in [0.2, 0.25) is 0 Å². The van der Waals surface area contributed by atoms with Crippen LogP contribution in [0.3, 0.4) is 0 Å². The first-order valence-electron chi connectivity index (χ1n) is 11.3. The van der Waals surface area contributed by atoms with Gasteiger partial charge in [0.15, 0.2) is 0 Å². The van der Waals surface area contributed by atoms with Crippen molar-refractivity contribution < 1.29 is 24.2 Å². The van der Waals surface area contributed by atoms with Crippen molar-refractivity contribution in [3.63, 3.8) is 0 Å². The molecule has 1 N–H and O–H groups in total. The number of aliphatic hydroxyl groups excluding tert-OH is 1. The van der Waals surface area contributed by atoms with Crippen molar-refractivity contribution in [3.05, 3.63) is 34.9 Å². The lowest BCUT2D eigenvalue weighted by Gasteiger charge is -2.30. The summed E-state index contributed by atoms with van der Waals surface area (Å²) in [5, 5.41) is 19.7. The van der Waals surface area contributed by atoms with Crippen molar-refractivity contribution in [2.75, 3.05) is 26.4 Å². The van der Waals surface area contributed by atoms with E-state index in [4.69, 9.17) is 9.47 Å². The highest BCUT2D eigenvalue weighted by atomic mass is 16.5. The summed E-state index contributed by atoms with van der Waals surface area (Å²) < 4.78 is 10.8. The molecule has 2 saturated heterocycles. The number of esters is 1. The summed E-state index contributed by atoms with van der Waals surface area (Å²) >= 11 is 0. The summed E-state index contributed by atoms with van der Waals surface area (Å²) in [6, 6.07) is 7.38. The zero-order valence-corrected chi connectivity index (χ0v) is 17.8. The first-order valence-corrected chi connectivity index (χ1v) is 11.3. The number of benzene rings is 1. The molecule has 2 atom stereocenters. The van der Waals surface area contributed by atoms with Crippen LogP contribution in [-0.2, 0) is 27.1 Å². The molecule has 0 bridgehead atoms.